The van der Waals surface area contributed by atoms with E-state index in [1.54, 1.807) is 18.2 Å². The first-order valence-electron chi connectivity index (χ1n) is 9.58. The molecule has 5 heteroatoms. The van der Waals surface area contributed by atoms with E-state index in [-0.39, 0.29) is 5.57 Å². The second kappa shape index (κ2) is 10.3. The Morgan fingerprint density at radius 2 is 1.83 bits per heavy atom. The van der Waals surface area contributed by atoms with Crippen LogP contribution >= 0.6 is 11.6 Å². The van der Waals surface area contributed by atoms with Gasteiger partial charge in [0.15, 0.2) is 0 Å². The van der Waals surface area contributed by atoms with Crippen molar-refractivity contribution in [3.63, 3.8) is 0 Å². The fourth-order valence-corrected chi connectivity index (χ4v) is 3.12. The van der Waals surface area contributed by atoms with Crippen molar-refractivity contribution < 1.29 is 9.53 Å². The predicted octanol–water partition coefficient (Wildman–Crippen LogP) is 6.03. The lowest BCUT2D eigenvalue weighted by molar-refractivity contribution is -0.112. The van der Waals surface area contributed by atoms with Crippen molar-refractivity contribution in [3.8, 4) is 11.8 Å². The molecule has 0 unspecified atom stereocenters. The summed E-state index contributed by atoms with van der Waals surface area (Å²) in [5, 5.41) is 12.9. The molecule has 30 heavy (non-hydrogen) atoms. The lowest BCUT2D eigenvalue weighted by atomic mass is 10.1. The summed E-state index contributed by atoms with van der Waals surface area (Å²) in [6.45, 7) is 2.37. The zero-order valence-corrected chi connectivity index (χ0v) is 17.3. The summed E-state index contributed by atoms with van der Waals surface area (Å²) in [4.78, 5) is 12.7. The Bertz CT molecular complexity index is 1100. The van der Waals surface area contributed by atoms with Gasteiger partial charge in [0.05, 0.1) is 0 Å². The Morgan fingerprint density at radius 3 is 2.57 bits per heavy atom. The molecule has 0 aliphatic carbocycles. The van der Waals surface area contributed by atoms with E-state index in [0.29, 0.717) is 28.6 Å². The molecule has 0 atom stereocenters. The monoisotopic (exact) mass is 416 g/mol. The summed E-state index contributed by atoms with van der Waals surface area (Å²) in [7, 11) is 0. The summed E-state index contributed by atoms with van der Waals surface area (Å²) < 4.78 is 5.91. The van der Waals surface area contributed by atoms with Gasteiger partial charge in [-0.05, 0) is 47.9 Å². The van der Waals surface area contributed by atoms with E-state index in [4.69, 9.17) is 16.3 Å². The maximum absolute atomic E-state index is 12.7. The third-order valence-corrected chi connectivity index (χ3v) is 4.76. The van der Waals surface area contributed by atoms with E-state index >= 15 is 0 Å². The fraction of sp³-hybridized carbons (Fsp3) is 0.120. The van der Waals surface area contributed by atoms with Gasteiger partial charge in [-0.15, -0.1) is 0 Å². The summed E-state index contributed by atoms with van der Waals surface area (Å²) in [5.41, 5.74) is 3.23. The number of aryl methyl sites for hydroxylation is 1. The Hall–Kier alpha value is -3.55. The number of para-hydroxylation sites is 1. The number of anilines is 1. The molecule has 0 saturated carbocycles. The molecular weight excluding hydrogens is 396 g/mol. The van der Waals surface area contributed by atoms with Crippen LogP contribution in [0.4, 0.5) is 5.69 Å². The number of nitrogens with zero attached hydrogens (tertiary/aromatic N) is 1. The molecule has 0 heterocycles. The van der Waals surface area contributed by atoms with Crippen molar-refractivity contribution in [2.45, 2.75) is 20.0 Å². The highest BCUT2D eigenvalue weighted by molar-refractivity contribution is 6.30. The van der Waals surface area contributed by atoms with Crippen molar-refractivity contribution in [1.29, 1.82) is 5.26 Å². The van der Waals surface area contributed by atoms with E-state index in [9.17, 15) is 10.1 Å². The van der Waals surface area contributed by atoms with Crippen LogP contribution in [0.15, 0.2) is 78.4 Å². The highest BCUT2D eigenvalue weighted by Crippen LogP contribution is 2.27. The number of rotatable bonds is 7. The SMILES string of the molecule is CCc1ccccc1NC(=O)/C(C#N)=C/c1cc(Cl)ccc1OCc1ccccc1. The highest BCUT2D eigenvalue weighted by Gasteiger charge is 2.13. The standard InChI is InChI=1S/C25H21ClN2O2/c1-2-19-10-6-7-11-23(19)28-25(29)21(16-27)14-20-15-22(26)12-13-24(20)30-17-18-8-4-3-5-9-18/h3-15H,2,17H2,1H3,(H,28,29)/b21-14+. The number of nitrogens with one attached hydrogen (secondary N) is 1. The molecule has 3 aromatic rings. The molecule has 0 fully saturated rings. The van der Waals surface area contributed by atoms with Crippen LogP contribution in [0.5, 0.6) is 5.75 Å². The Morgan fingerprint density at radius 1 is 1.10 bits per heavy atom. The number of ether oxygens (including phenoxy) is 1. The maximum Gasteiger partial charge on any atom is 0.266 e. The molecule has 0 bridgehead atoms. The number of carbonyl (C=O) groups is 1. The zero-order valence-electron chi connectivity index (χ0n) is 16.6. The van der Waals surface area contributed by atoms with Gasteiger partial charge in [-0.3, -0.25) is 4.79 Å². The maximum atomic E-state index is 12.7. The van der Waals surface area contributed by atoms with Crippen molar-refractivity contribution in [1.82, 2.24) is 0 Å². The average molecular weight is 417 g/mol. The lowest BCUT2D eigenvalue weighted by Crippen LogP contribution is -2.14. The van der Waals surface area contributed by atoms with Crippen molar-refractivity contribution in [3.05, 3.63) is 100 Å². The van der Waals surface area contributed by atoms with Gasteiger partial charge in [0, 0.05) is 16.3 Å². The average Bonchev–Trinajstić information content (AvgIpc) is 2.77. The summed E-state index contributed by atoms with van der Waals surface area (Å²) >= 11 is 6.14. The summed E-state index contributed by atoms with van der Waals surface area (Å²) in [6, 6.07) is 24.4. The lowest BCUT2D eigenvalue weighted by Gasteiger charge is -2.11. The van der Waals surface area contributed by atoms with Crippen molar-refractivity contribution in [2.24, 2.45) is 0 Å². The van der Waals surface area contributed by atoms with Crippen LogP contribution in [-0.4, -0.2) is 5.91 Å². The molecule has 4 nitrogen and oxygen atoms in total. The number of benzene rings is 3. The second-order valence-corrected chi connectivity index (χ2v) is 7.03. The van der Waals surface area contributed by atoms with Crippen molar-refractivity contribution in [2.75, 3.05) is 5.32 Å². The van der Waals surface area contributed by atoms with E-state index < -0.39 is 5.91 Å². The molecule has 0 aliphatic heterocycles. The Kier molecular flexibility index (Phi) is 7.26. The quantitative estimate of drug-likeness (QED) is 0.378. The summed E-state index contributed by atoms with van der Waals surface area (Å²) in [5.74, 6) is 0.0603. The number of hydrogen-bond acceptors (Lipinski definition) is 3. The minimum absolute atomic E-state index is 0.0345. The second-order valence-electron chi connectivity index (χ2n) is 6.59. The van der Waals surface area contributed by atoms with Crippen LogP contribution in [0.25, 0.3) is 6.08 Å². The van der Waals surface area contributed by atoms with E-state index in [0.717, 1.165) is 17.5 Å². The Labute approximate surface area is 181 Å². The van der Waals surface area contributed by atoms with Gasteiger partial charge in [0.2, 0.25) is 0 Å². The van der Waals surface area contributed by atoms with E-state index in [1.807, 2.05) is 67.6 Å². The van der Waals surface area contributed by atoms with Gasteiger partial charge in [-0.1, -0.05) is 67.1 Å². The smallest absolute Gasteiger partial charge is 0.266 e. The molecule has 1 amide bonds. The predicted molar refractivity (Wildman–Crippen MR) is 120 cm³/mol. The third kappa shape index (κ3) is 5.50. The number of carbonyl (C=O) groups excluding carboxylic acids is 1. The van der Waals surface area contributed by atoms with E-state index in [1.165, 1.54) is 6.08 Å². The largest absolute Gasteiger partial charge is 0.488 e. The van der Waals surface area contributed by atoms with Crippen LogP contribution in [0.1, 0.15) is 23.6 Å². The molecule has 0 aromatic heterocycles. The highest BCUT2D eigenvalue weighted by atomic mass is 35.5. The molecular formula is C25H21ClN2O2. The van der Waals surface area contributed by atoms with Crippen LogP contribution in [0.2, 0.25) is 5.02 Å². The van der Waals surface area contributed by atoms with Crippen LogP contribution in [0, 0.1) is 11.3 Å². The zero-order chi connectivity index (χ0) is 21.3. The third-order valence-electron chi connectivity index (χ3n) is 4.52. The summed E-state index contributed by atoms with van der Waals surface area (Å²) in [6.07, 6.45) is 2.27. The van der Waals surface area contributed by atoms with Gasteiger partial charge in [-0.25, -0.2) is 0 Å². The molecule has 3 rings (SSSR count). The fourth-order valence-electron chi connectivity index (χ4n) is 2.94. The topological polar surface area (TPSA) is 62.1 Å². The van der Waals surface area contributed by atoms with Crippen molar-refractivity contribution >= 4 is 29.3 Å². The first-order valence-corrected chi connectivity index (χ1v) is 9.96. The van der Waals surface area contributed by atoms with Crippen LogP contribution in [0.3, 0.4) is 0 Å². The Balaban J connectivity index is 1.84. The first-order chi connectivity index (χ1) is 14.6. The minimum atomic E-state index is -0.479. The van der Waals surface area contributed by atoms with Gasteiger partial charge in [-0.2, -0.15) is 5.26 Å². The molecule has 0 spiro atoms. The van der Waals surface area contributed by atoms with Gasteiger partial charge < -0.3 is 10.1 Å². The number of nitriles is 1. The molecule has 0 saturated heterocycles. The molecule has 150 valence electrons. The molecule has 0 radical (unpaired) electrons. The van der Waals surface area contributed by atoms with Crippen LogP contribution in [-0.2, 0) is 17.8 Å². The van der Waals surface area contributed by atoms with Gasteiger partial charge in [0.25, 0.3) is 5.91 Å². The van der Waals surface area contributed by atoms with Crippen LogP contribution < -0.4 is 10.1 Å². The normalized spacial score (nSPS) is 10.9. The number of hydrogen-bond donors (Lipinski definition) is 1. The molecule has 0 aliphatic rings. The minimum Gasteiger partial charge on any atom is -0.488 e. The number of amides is 1. The van der Waals surface area contributed by atoms with Gasteiger partial charge >= 0.3 is 0 Å². The molecule has 3 aromatic carbocycles. The first kappa shape index (κ1) is 21.2. The van der Waals surface area contributed by atoms with Gasteiger partial charge in [0.1, 0.15) is 24.0 Å². The van der Waals surface area contributed by atoms with E-state index in [2.05, 4.69) is 5.32 Å². The molecule has 1 N–H and O–H groups in total. The number of halogens is 1.